The summed E-state index contributed by atoms with van der Waals surface area (Å²) in [6.07, 6.45) is 1.69. The molecule has 0 amide bonds. The van der Waals surface area contributed by atoms with Crippen LogP contribution in [0.2, 0.25) is 0 Å². The zero-order valence-electron chi connectivity index (χ0n) is 9.88. The predicted octanol–water partition coefficient (Wildman–Crippen LogP) is 1.83. The van der Waals surface area contributed by atoms with Crippen LogP contribution in [0.1, 0.15) is 20.8 Å². The van der Waals surface area contributed by atoms with E-state index < -0.39 is 0 Å². The molecule has 1 rings (SSSR count). The van der Waals surface area contributed by atoms with Gasteiger partial charge in [-0.15, -0.1) is 0 Å². The monoisotopic (exact) mass is 206 g/mol. The summed E-state index contributed by atoms with van der Waals surface area (Å²) in [6.45, 7) is 12.4. The first-order chi connectivity index (χ1) is 6.33. The van der Waals surface area contributed by atoms with E-state index in [-0.39, 0.29) is 0 Å². The molecule has 0 aromatic rings. The Morgan fingerprint density at radius 3 is 1.69 bits per heavy atom. The molecule has 0 bridgehead atoms. The molecule has 0 aromatic heterocycles. The Kier molecular flexibility index (Phi) is 14.8. The molecular weight excluding hydrogens is 180 g/mol. The van der Waals surface area contributed by atoms with Crippen molar-refractivity contribution in [2.45, 2.75) is 20.8 Å². The van der Waals surface area contributed by atoms with Crippen molar-refractivity contribution in [2.75, 3.05) is 46.0 Å². The maximum Gasteiger partial charge on any atom is 0.0110 e. The Morgan fingerprint density at radius 1 is 1.00 bits per heavy atom. The Labute approximate surface area is 89.7 Å². The first-order valence-corrected chi connectivity index (χ1v) is 6.08. The summed E-state index contributed by atoms with van der Waals surface area (Å²) in [5.74, 6) is 0. The number of thiol groups is 1. The topological polar surface area (TPSA) is 6.48 Å². The molecule has 0 atom stereocenters. The molecule has 0 N–H and O–H groups in total. The minimum absolute atomic E-state index is 1.22. The smallest absolute Gasteiger partial charge is 0.0110 e. The molecule has 0 spiro atoms. The van der Waals surface area contributed by atoms with Crippen LogP contribution < -0.4 is 0 Å². The molecule has 1 aliphatic heterocycles. The summed E-state index contributed by atoms with van der Waals surface area (Å²) >= 11 is 3.53. The quantitative estimate of drug-likeness (QED) is 0.654. The minimum atomic E-state index is 1.22. The zero-order valence-corrected chi connectivity index (χ0v) is 10.8. The fourth-order valence-electron chi connectivity index (χ4n) is 1.16. The van der Waals surface area contributed by atoms with Crippen LogP contribution in [0.3, 0.4) is 0 Å². The molecule has 0 aliphatic carbocycles. The van der Waals surface area contributed by atoms with Gasteiger partial charge in [-0.2, -0.15) is 12.6 Å². The molecule has 0 radical (unpaired) electrons. The number of likely N-dealkylation sites (N-methyl/N-ethyl adjacent to an activating group) is 2. The second-order valence-electron chi connectivity index (χ2n) is 2.74. The molecule has 1 aliphatic rings. The van der Waals surface area contributed by atoms with Crippen LogP contribution in [0.15, 0.2) is 0 Å². The van der Waals surface area contributed by atoms with E-state index in [1.165, 1.54) is 32.7 Å². The average Bonchev–Trinajstić information content (AvgIpc) is 2.25. The minimum Gasteiger partial charge on any atom is -0.304 e. The number of nitrogens with zero attached hydrogens (tertiary/aromatic N) is 2. The van der Waals surface area contributed by atoms with Gasteiger partial charge in [0.25, 0.3) is 0 Å². The standard InChI is InChI=1S/C7H16N2.C2H6.CH4S/c1-3-9-6-4-8(2)5-7-9;2*1-2/h3-7H2,1-2H3;1-2H3;2H,1H3. The van der Waals surface area contributed by atoms with Crippen LogP contribution in [0.5, 0.6) is 0 Å². The van der Waals surface area contributed by atoms with Crippen molar-refractivity contribution < 1.29 is 0 Å². The second kappa shape index (κ2) is 12.3. The van der Waals surface area contributed by atoms with E-state index in [0.29, 0.717) is 0 Å². The van der Waals surface area contributed by atoms with Gasteiger partial charge in [-0.25, -0.2) is 0 Å². The molecule has 0 unspecified atom stereocenters. The highest BCUT2D eigenvalue weighted by atomic mass is 32.1. The third kappa shape index (κ3) is 8.60. The molecule has 0 saturated carbocycles. The van der Waals surface area contributed by atoms with E-state index in [9.17, 15) is 0 Å². The summed E-state index contributed by atoms with van der Waals surface area (Å²) in [5, 5.41) is 0. The summed E-state index contributed by atoms with van der Waals surface area (Å²) in [6, 6.07) is 0. The van der Waals surface area contributed by atoms with Crippen molar-refractivity contribution in [3.05, 3.63) is 0 Å². The van der Waals surface area contributed by atoms with Crippen molar-refractivity contribution >= 4 is 12.6 Å². The Morgan fingerprint density at radius 2 is 1.38 bits per heavy atom. The molecule has 13 heavy (non-hydrogen) atoms. The first-order valence-electron chi connectivity index (χ1n) is 5.18. The lowest BCUT2D eigenvalue weighted by Crippen LogP contribution is -2.44. The number of rotatable bonds is 1. The van der Waals surface area contributed by atoms with Crippen molar-refractivity contribution in [2.24, 2.45) is 0 Å². The molecule has 1 heterocycles. The van der Waals surface area contributed by atoms with E-state index in [1.54, 1.807) is 6.26 Å². The van der Waals surface area contributed by atoms with Crippen LogP contribution in [-0.2, 0) is 0 Å². The van der Waals surface area contributed by atoms with Crippen molar-refractivity contribution in [3.63, 3.8) is 0 Å². The Bertz CT molecular complexity index is 81.0. The van der Waals surface area contributed by atoms with E-state index in [4.69, 9.17) is 0 Å². The van der Waals surface area contributed by atoms with Crippen molar-refractivity contribution in [3.8, 4) is 0 Å². The van der Waals surface area contributed by atoms with Gasteiger partial charge in [-0.05, 0) is 19.8 Å². The van der Waals surface area contributed by atoms with Gasteiger partial charge in [0.05, 0.1) is 0 Å². The zero-order chi connectivity index (χ0) is 10.7. The highest BCUT2D eigenvalue weighted by molar-refractivity contribution is 7.79. The Hall–Kier alpha value is 0.270. The van der Waals surface area contributed by atoms with E-state index >= 15 is 0 Å². The van der Waals surface area contributed by atoms with Gasteiger partial charge in [0, 0.05) is 26.2 Å². The van der Waals surface area contributed by atoms with Crippen LogP contribution >= 0.6 is 12.6 Å². The third-order valence-corrected chi connectivity index (χ3v) is 2.04. The van der Waals surface area contributed by atoms with Crippen LogP contribution in [-0.4, -0.2) is 55.8 Å². The van der Waals surface area contributed by atoms with E-state index in [0.717, 1.165) is 0 Å². The van der Waals surface area contributed by atoms with Gasteiger partial charge in [-0.1, -0.05) is 20.8 Å². The summed E-state index contributed by atoms with van der Waals surface area (Å²) < 4.78 is 0. The van der Waals surface area contributed by atoms with Crippen LogP contribution in [0.25, 0.3) is 0 Å². The summed E-state index contributed by atoms with van der Waals surface area (Å²) in [4.78, 5) is 4.87. The van der Waals surface area contributed by atoms with Crippen LogP contribution in [0.4, 0.5) is 0 Å². The second-order valence-corrected chi connectivity index (χ2v) is 2.74. The number of hydrogen-bond acceptors (Lipinski definition) is 3. The highest BCUT2D eigenvalue weighted by Gasteiger charge is 2.10. The molecule has 82 valence electrons. The molecule has 1 saturated heterocycles. The SMILES string of the molecule is CC.CCN1CCN(C)CC1.CS. The predicted molar refractivity (Wildman–Crippen MR) is 65.9 cm³/mol. The number of piperazine rings is 1. The highest BCUT2D eigenvalue weighted by Crippen LogP contribution is 1.96. The maximum atomic E-state index is 3.53. The van der Waals surface area contributed by atoms with Crippen molar-refractivity contribution in [1.29, 1.82) is 0 Å². The first kappa shape index (κ1) is 15.7. The maximum absolute atomic E-state index is 3.53. The lowest BCUT2D eigenvalue weighted by Gasteiger charge is -2.31. The molecule has 0 aromatic carbocycles. The van der Waals surface area contributed by atoms with Gasteiger partial charge >= 0.3 is 0 Å². The largest absolute Gasteiger partial charge is 0.304 e. The fraction of sp³-hybridized carbons (Fsp3) is 1.00. The molecule has 3 heteroatoms. The molecule has 1 fully saturated rings. The summed E-state index contributed by atoms with van der Waals surface area (Å²) in [5.41, 5.74) is 0. The lowest BCUT2D eigenvalue weighted by molar-refractivity contribution is 0.160. The molecular formula is C10H26N2S. The molecule has 2 nitrogen and oxygen atoms in total. The van der Waals surface area contributed by atoms with Gasteiger partial charge in [0.1, 0.15) is 0 Å². The van der Waals surface area contributed by atoms with Gasteiger partial charge in [-0.3, -0.25) is 0 Å². The van der Waals surface area contributed by atoms with Gasteiger partial charge in [0.15, 0.2) is 0 Å². The lowest BCUT2D eigenvalue weighted by atomic mass is 10.3. The van der Waals surface area contributed by atoms with E-state index in [1.807, 2.05) is 13.8 Å². The fourth-order valence-corrected chi connectivity index (χ4v) is 1.16. The van der Waals surface area contributed by atoms with Gasteiger partial charge < -0.3 is 9.80 Å². The average molecular weight is 206 g/mol. The number of hydrogen-bond donors (Lipinski definition) is 1. The van der Waals surface area contributed by atoms with Gasteiger partial charge in [0.2, 0.25) is 0 Å². The summed E-state index contributed by atoms with van der Waals surface area (Å²) in [7, 11) is 2.19. The Balaban J connectivity index is 0. The van der Waals surface area contributed by atoms with Crippen molar-refractivity contribution in [1.82, 2.24) is 9.80 Å². The third-order valence-electron chi connectivity index (χ3n) is 2.04. The van der Waals surface area contributed by atoms with E-state index in [2.05, 4.69) is 36.4 Å². The normalized spacial score (nSPS) is 18.0. The van der Waals surface area contributed by atoms with Crippen LogP contribution in [0, 0.1) is 0 Å².